The Labute approximate surface area is 255 Å². The molecule has 0 aliphatic carbocycles. The number of benzene rings is 2. The van der Waals surface area contributed by atoms with Crippen LogP contribution in [0.15, 0.2) is 24.3 Å². The molecule has 2 bridgehead atoms. The topological polar surface area (TPSA) is 95.9 Å². The number of aromatic nitrogens is 3. The van der Waals surface area contributed by atoms with Gasteiger partial charge in [0.2, 0.25) is 5.88 Å². The fourth-order valence-electron chi connectivity index (χ4n) is 8.38. The second-order valence-electron chi connectivity index (χ2n) is 13.0. The van der Waals surface area contributed by atoms with Gasteiger partial charge in [0.1, 0.15) is 47.5 Å². The first kappa shape index (κ1) is 27.3. The Balaban J connectivity index is 1.24. The van der Waals surface area contributed by atoms with Crippen LogP contribution in [0.1, 0.15) is 32.1 Å². The molecule has 0 radical (unpaired) electrons. The van der Waals surface area contributed by atoms with Gasteiger partial charge < -0.3 is 24.8 Å². The van der Waals surface area contributed by atoms with E-state index in [1.165, 1.54) is 12.1 Å². The van der Waals surface area contributed by atoms with Gasteiger partial charge >= 0.3 is 6.01 Å². The summed E-state index contributed by atoms with van der Waals surface area (Å²) in [5.74, 6) is -3.01. The summed E-state index contributed by atoms with van der Waals surface area (Å²) in [5, 5.41) is 14.3. The molecule has 2 N–H and O–H groups in total. The van der Waals surface area contributed by atoms with Gasteiger partial charge in [-0.05, 0) is 55.8 Å². The first-order valence-electron chi connectivity index (χ1n) is 15.5. The van der Waals surface area contributed by atoms with Crippen molar-refractivity contribution in [3.05, 3.63) is 41.7 Å². The van der Waals surface area contributed by atoms with Crippen LogP contribution < -0.4 is 19.7 Å². The summed E-state index contributed by atoms with van der Waals surface area (Å²) in [4.78, 5) is 18.1. The number of phenolic OH excluding ortho intramolecular Hbond substituents is 1. The highest BCUT2D eigenvalue weighted by molar-refractivity contribution is 6.02. The van der Waals surface area contributed by atoms with Crippen molar-refractivity contribution < 1.29 is 32.1 Å². The van der Waals surface area contributed by atoms with Gasteiger partial charge in [-0.15, -0.1) is 0 Å². The third-order valence-corrected chi connectivity index (χ3v) is 10.4. The number of fused-ring (bicyclic) bond motifs is 7. The number of anilines is 1. The molecule has 2 aromatic heterocycles. The number of hydrogen-bond acceptors (Lipinski definition) is 9. The van der Waals surface area contributed by atoms with E-state index in [9.17, 15) is 13.9 Å². The normalized spacial score (nSPS) is 28.8. The molecular formula is C32H30F4N6O3. The molecule has 13 heteroatoms. The zero-order chi connectivity index (χ0) is 30.6. The Morgan fingerprint density at radius 1 is 1.07 bits per heavy atom. The number of piperazine rings is 1. The number of ether oxygens (including phenoxy) is 2. The van der Waals surface area contributed by atoms with E-state index in [1.807, 2.05) is 0 Å². The van der Waals surface area contributed by atoms with E-state index in [0.29, 0.717) is 25.3 Å². The Morgan fingerprint density at radius 2 is 1.96 bits per heavy atom. The van der Waals surface area contributed by atoms with Gasteiger partial charge in [-0.25, -0.2) is 22.5 Å². The van der Waals surface area contributed by atoms with E-state index in [0.717, 1.165) is 44.4 Å². The van der Waals surface area contributed by atoms with Crippen LogP contribution >= 0.6 is 0 Å². The molecule has 45 heavy (non-hydrogen) atoms. The SMILES string of the molecule is Oc1cc(-c2nc3c4c(nc(OC[C@@]56CCCN5C[C@@H](F)C6)nc4c2F)N2CC4CCC(N4)[C@H]2CO3)c2c(F)c(F)ccc2c1. The number of alkyl halides is 1. The van der Waals surface area contributed by atoms with E-state index in [1.54, 1.807) is 0 Å². The van der Waals surface area contributed by atoms with Crippen molar-refractivity contribution >= 4 is 27.5 Å². The third-order valence-electron chi connectivity index (χ3n) is 10.4. The van der Waals surface area contributed by atoms with Crippen molar-refractivity contribution in [1.29, 1.82) is 0 Å². The van der Waals surface area contributed by atoms with Crippen molar-refractivity contribution in [2.45, 2.75) is 61.9 Å². The van der Waals surface area contributed by atoms with E-state index in [2.05, 4.69) is 25.1 Å². The summed E-state index contributed by atoms with van der Waals surface area (Å²) in [7, 11) is 0. The number of aromatic hydroxyl groups is 1. The maximum atomic E-state index is 16.8. The third kappa shape index (κ3) is 4.09. The van der Waals surface area contributed by atoms with Gasteiger partial charge in [0.15, 0.2) is 17.5 Å². The van der Waals surface area contributed by atoms with E-state index in [4.69, 9.17) is 14.5 Å². The molecule has 5 atom stereocenters. The lowest BCUT2D eigenvalue weighted by molar-refractivity contribution is 0.107. The molecule has 4 aromatic rings. The molecule has 2 unspecified atom stereocenters. The van der Waals surface area contributed by atoms with Crippen molar-refractivity contribution in [1.82, 2.24) is 25.2 Å². The number of nitrogens with zero attached hydrogens (tertiary/aromatic N) is 5. The van der Waals surface area contributed by atoms with Crippen molar-refractivity contribution in [2.75, 3.05) is 37.7 Å². The maximum absolute atomic E-state index is 16.8. The summed E-state index contributed by atoms with van der Waals surface area (Å²) in [5.41, 5.74) is -1.12. The minimum atomic E-state index is -1.19. The molecule has 0 amide bonds. The summed E-state index contributed by atoms with van der Waals surface area (Å²) in [6, 6.07) is 4.83. The minimum absolute atomic E-state index is 0.0538. The van der Waals surface area contributed by atoms with Crippen molar-refractivity contribution in [3.63, 3.8) is 0 Å². The number of halogens is 4. The van der Waals surface area contributed by atoms with Crippen LogP contribution in [0, 0.1) is 17.5 Å². The van der Waals surface area contributed by atoms with Crippen LogP contribution in [0.3, 0.4) is 0 Å². The Kier molecular flexibility index (Phi) is 5.93. The van der Waals surface area contributed by atoms with E-state index >= 15 is 8.78 Å². The largest absolute Gasteiger partial charge is 0.508 e. The quantitative estimate of drug-likeness (QED) is 0.316. The fourth-order valence-corrected chi connectivity index (χ4v) is 8.38. The highest BCUT2D eigenvalue weighted by Crippen LogP contribution is 2.45. The van der Waals surface area contributed by atoms with Gasteiger partial charge in [0.05, 0.1) is 11.6 Å². The molecular weight excluding hydrogens is 592 g/mol. The summed E-state index contributed by atoms with van der Waals surface area (Å²) < 4.78 is 73.5. The smallest absolute Gasteiger partial charge is 0.319 e. The number of rotatable bonds is 4. The number of hydrogen-bond donors (Lipinski definition) is 2. The van der Waals surface area contributed by atoms with Crippen LogP contribution in [0.25, 0.3) is 32.9 Å². The standard InChI is InChI=1S/C32H30F4N6O3/c33-16-10-32(6-1-7-41(32)11-16)14-45-31-39-28-24-29(40-31)42-12-17-3-5-21(37-17)22(42)13-44-30(24)38-27(26(28)36)19-9-18(43)8-15-2-4-20(34)25(35)23(15)19/h2,4,8-9,16-17,21-22,37,43H,1,3,5-7,10-14H2/t16-,17?,21?,22+,32-/m0/s1. The average molecular weight is 623 g/mol. The predicted octanol–water partition coefficient (Wildman–Crippen LogP) is 4.62. The molecule has 0 spiro atoms. The second kappa shape index (κ2) is 9.76. The molecule has 5 aliphatic rings. The molecule has 7 heterocycles. The predicted molar refractivity (Wildman–Crippen MR) is 157 cm³/mol. The second-order valence-corrected chi connectivity index (χ2v) is 13.0. The Bertz CT molecular complexity index is 1900. The highest BCUT2D eigenvalue weighted by Gasteiger charge is 2.50. The number of nitrogens with one attached hydrogen (secondary N) is 1. The van der Waals surface area contributed by atoms with Gasteiger partial charge in [-0.2, -0.15) is 9.97 Å². The van der Waals surface area contributed by atoms with Gasteiger partial charge in [0.25, 0.3) is 0 Å². The lowest BCUT2D eigenvalue weighted by Crippen LogP contribution is -2.60. The van der Waals surface area contributed by atoms with Gasteiger partial charge in [-0.3, -0.25) is 4.90 Å². The summed E-state index contributed by atoms with van der Waals surface area (Å²) in [6.45, 7) is 2.14. The number of phenols is 1. The minimum Gasteiger partial charge on any atom is -0.508 e. The fraction of sp³-hybridized carbons (Fsp3) is 0.469. The average Bonchev–Trinajstić information content (AvgIpc) is 3.65. The monoisotopic (exact) mass is 622 g/mol. The maximum Gasteiger partial charge on any atom is 0.319 e. The van der Waals surface area contributed by atoms with Crippen LogP contribution in [0.5, 0.6) is 17.6 Å². The Morgan fingerprint density at radius 3 is 2.84 bits per heavy atom. The molecule has 9 rings (SSSR count). The van der Waals surface area contributed by atoms with Gasteiger partial charge in [0, 0.05) is 42.5 Å². The first-order valence-corrected chi connectivity index (χ1v) is 15.5. The van der Waals surface area contributed by atoms with E-state index in [-0.39, 0.29) is 81.9 Å². The lowest BCUT2D eigenvalue weighted by atomic mass is 9.95. The molecule has 0 saturated carbocycles. The highest BCUT2D eigenvalue weighted by atomic mass is 19.2. The lowest BCUT2D eigenvalue weighted by Gasteiger charge is -2.40. The molecule has 4 saturated heterocycles. The van der Waals surface area contributed by atoms with Crippen molar-refractivity contribution in [3.8, 4) is 28.9 Å². The van der Waals surface area contributed by atoms with Gasteiger partial charge in [-0.1, -0.05) is 6.07 Å². The summed E-state index contributed by atoms with van der Waals surface area (Å²) >= 11 is 0. The van der Waals surface area contributed by atoms with Crippen LogP contribution in [-0.4, -0.2) is 87.6 Å². The molecule has 9 nitrogen and oxygen atoms in total. The zero-order valence-corrected chi connectivity index (χ0v) is 24.2. The van der Waals surface area contributed by atoms with Crippen molar-refractivity contribution in [2.24, 2.45) is 0 Å². The van der Waals surface area contributed by atoms with Crippen LogP contribution in [0.4, 0.5) is 23.4 Å². The summed E-state index contributed by atoms with van der Waals surface area (Å²) in [6.07, 6.45) is 3.06. The molecule has 234 valence electrons. The Hall–Kier alpha value is -3.97. The first-order chi connectivity index (χ1) is 21.8. The van der Waals surface area contributed by atoms with E-state index < -0.39 is 29.2 Å². The number of pyridine rings is 1. The molecule has 2 aromatic carbocycles. The van der Waals surface area contributed by atoms with Crippen LogP contribution in [0.2, 0.25) is 0 Å². The van der Waals surface area contributed by atoms with Crippen LogP contribution in [-0.2, 0) is 0 Å². The molecule has 4 fully saturated rings. The zero-order valence-electron chi connectivity index (χ0n) is 24.2. The molecule has 5 aliphatic heterocycles.